The van der Waals surface area contributed by atoms with Gasteiger partial charge in [-0.05, 0) is 39.0 Å². The van der Waals surface area contributed by atoms with Crippen LogP contribution in [0.5, 0.6) is 0 Å². The Labute approximate surface area is 128 Å². The van der Waals surface area contributed by atoms with E-state index in [1.165, 1.54) is 38.5 Å². The lowest BCUT2D eigenvalue weighted by Gasteiger charge is -2.56. The van der Waals surface area contributed by atoms with E-state index in [1.807, 2.05) is 11.9 Å². The first-order valence-electron chi connectivity index (χ1n) is 8.82. The van der Waals surface area contributed by atoms with E-state index in [0.29, 0.717) is 18.2 Å². The molecule has 4 nitrogen and oxygen atoms in total. The maximum atomic E-state index is 12.5. The third-order valence-electron chi connectivity index (χ3n) is 6.12. The number of ether oxygens (including phenoxy) is 1. The summed E-state index contributed by atoms with van der Waals surface area (Å²) in [6.45, 7) is 2.86. The zero-order valence-electron chi connectivity index (χ0n) is 13.6. The Bertz CT molecular complexity index is 373. The molecule has 0 radical (unpaired) electrons. The third-order valence-corrected chi connectivity index (χ3v) is 6.12. The quantitative estimate of drug-likeness (QED) is 0.864. The normalized spacial score (nSPS) is 31.3. The molecular weight excluding hydrogens is 264 g/mol. The Morgan fingerprint density at radius 3 is 2.52 bits per heavy atom. The minimum absolute atomic E-state index is 0.133. The molecule has 21 heavy (non-hydrogen) atoms. The molecule has 120 valence electrons. The molecule has 2 atom stereocenters. The molecule has 1 spiro atoms. The monoisotopic (exact) mass is 294 g/mol. The average molecular weight is 294 g/mol. The summed E-state index contributed by atoms with van der Waals surface area (Å²) in [7, 11) is 1.98. The van der Waals surface area contributed by atoms with Gasteiger partial charge in [-0.25, -0.2) is 4.79 Å². The Balaban J connectivity index is 1.61. The highest BCUT2D eigenvalue weighted by molar-refractivity contribution is 5.75. The van der Waals surface area contributed by atoms with Gasteiger partial charge in [0, 0.05) is 31.2 Å². The summed E-state index contributed by atoms with van der Waals surface area (Å²) >= 11 is 0. The van der Waals surface area contributed by atoms with Crippen molar-refractivity contribution in [1.82, 2.24) is 10.2 Å². The number of nitrogens with zero attached hydrogens (tertiary/aromatic N) is 1. The Morgan fingerprint density at radius 1 is 1.24 bits per heavy atom. The van der Waals surface area contributed by atoms with Crippen molar-refractivity contribution < 1.29 is 9.53 Å². The minimum Gasteiger partial charge on any atom is -0.378 e. The van der Waals surface area contributed by atoms with Crippen LogP contribution in [0, 0.1) is 5.41 Å². The number of urea groups is 1. The molecule has 0 aromatic rings. The van der Waals surface area contributed by atoms with Crippen LogP contribution in [0.25, 0.3) is 0 Å². The van der Waals surface area contributed by atoms with Gasteiger partial charge in [0.25, 0.3) is 0 Å². The number of hydrogen-bond acceptors (Lipinski definition) is 2. The summed E-state index contributed by atoms with van der Waals surface area (Å²) in [4.78, 5) is 14.5. The lowest BCUT2D eigenvalue weighted by molar-refractivity contribution is -0.151. The summed E-state index contributed by atoms with van der Waals surface area (Å²) in [5.41, 5.74) is 0.248. The molecule has 3 aliphatic carbocycles. The van der Waals surface area contributed by atoms with Crippen LogP contribution < -0.4 is 5.32 Å². The molecule has 0 aromatic heterocycles. The zero-order chi connectivity index (χ0) is 14.9. The second-order valence-corrected chi connectivity index (χ2v) is 7.18. The first-order valence-corrected chi connectivity index (χ1v) is 8.82. The van der Waals surface area contributed by atoms with E-state index in [9.17, 15) is 4.79 Å². The van der Waals surface area contributed by atoms with Crippen LogP contribution in [0.4, 0.5) is 4.79 Å². The summed E-state index contributed by atoms with van der Waals surface area (Å²) in [6, 6.07) is 0.910. The highest BCUT2D eigenvalue weighted by atomic mass is 16.5. The second kappa shape index (κ2) is 6.15. The molecule has 0 heterocycles. The van der Waals surface area contributed by atoms with E-state index >= 15 is 0 Å². The molecule has 3 saturated carbocycles. The molecule has 2 amide bonds. The van der Waals surface area contributed by atoms with E-state index in [1.54, 1.807) is 0 Å². The van der Waals surface area contributed by atoms with Gasteiger partial charge in [0.1, 0.15) is 0 Å². The van der Waals surface area contributed by atoms with Crippen LogP contribution in [-0.2, 0) is 4.74 Å². The van der Waals surface area contributed by atoms with Gasteiger partial charge < -0.3 is 15.0 Å². The van der Waals surface area contributed by atoms with E-state index in [4.69, 9.17) is 4.74 Å². The average Bonchev–Trinajstić information content (AvgIpc) is 3.14. The Morgan fingerprint density at radius 2 is 1.90 bits per heavy atom. The fourth-order valence-electron chi connectivity index (χ4n) is 4.88. The van der Waals surface area contributed by atoms with Gasteiger partial charge in [-0.3, -0.25) is 0 Å². The summed E-state index contributed by atoms with van der Waals surface area (Å²) < 4.78 is 5.95. The molecule has 2 unspecified atom stereocenters. The molecule has 0 aromatic carbocycles. The molecule has 4 heteroatoms. The molecule has 0 aliphatic heterocycles. The van der Waals surface area contributed by atoms with Crippen LogP contribution >= 0.6 is 0 Å². The van der Waals surface area contributed by atoms with E-state index in [2.05, 4.69) is 12.2 Å². The van der Waals surface area contributed by atoms with Crippen LogP contribution in [0.15, 0.2) is 0 Å². The van der Waals surface area contributed by atoms with Crippen molar-refractivity contribution in [1.29, 1.82) is 0 Å². The number of carbonyl (C=O) groups excluding carboxylic acids is 1. The molecule has 3 fully saturated rings. The molecular formula is C17H30N2O2. The third kappa shape index (κ3) is 2.67. The van der Waals surface area contributed by atoms with Crippen molar-refractivity contribution in [3.63, 3.8) is 0 Å². The number of carbonyl (C=O) groups is 1. The largest absolute Gasteiger partial charge is 0.378 e. The van der Waals surface area contributed by atoms with Crippen LogP contribution in [0.1, 0.15) is 64.7 Å². The van der Waals surface area contributed by atoms with Crippen LogP contribution in [0.2, 0.25) is 0 Å². The lowest BCUT2D eigenvalue weighted by Crippen LogP contribution is -2.65. The van der Waals surface area contributed by atoms with Crippen LogP contribution in [0.3, 0.4) is 0 Å². The topological polar surface area (TPSA) is 41.6 Å². The predicted octanol–water partition coefficient (Wildman–Crippen LogP) is 3.31. The van der Waals surface area contributed by atoms with Crippen molar-refractivity contribution in [2.24, 2.45) is 5.41 Å². The van der Waals surface area contributed by atoms with Gasteiger partial charge in [-0.1, -0.05) is 25.7 Å². The summed E-state index contributed by atoms with van der Waals surface area (Å²) in [5.74, 6) is 0. The van der Waals surface area contributed by atoms with Crippen molar-refractivity contribution in [3.8, 4) is 0 Å². The van der Waals surface area contributed by atoms with Gasteiger partial charge in [0.2, 0.25) is 0 Å². The Hall–Kier alpha value is -0.770. The lowest BCUT2D eigenvalue weighted by atomic mass is 9.60. The van der Waals surface area contributed by atoms with Crippen molar-refractivity contribution in [2.75, 3.05) is 13.7 Å². The fraction of sp³-hybridized carbons (Fsp3) is 0.941. The first kappa shape index (κ1) is 15.1. The van der Waals surface area contributed by atoms with Crippen molar-refractivity contribution >= 4 is 6.03 Å². The molecule has 3 aliphatic rings. The molecule has 1 N–H and O–H groups in total. The molecule has 0 saturated heterocycles. The number of hydrogen-bond donors (Lipinski definition) is 1. The standard InChI is InChI=1S/C17H30N2O2/c1-3-21-15-12-14(17(15)10-6-7-11-17)19(2)16(20)18-13-8-4-5-9-13/h13-15H,3-12H2,1-2H3,(H,18,20). The maximum absolute atomic E-state index is 12.5. The van der Waals surface area contributed by atoms with E-state index < -0.39 is 0 Å². The van der Waals surface area contributed by atoms with Crippen molar-refractivity contribution in [2.45, 2.75) is 82.9 Å². The van der Waals surface area contributed by atoms with Crippen LogP contribution in [-0.4, -0.2) is 42.8 Å². The molecule has 0 bridgehead atoms. The van der Waals surface area contributed by atoms with E-state index in [0.717, 1.165) is 25.9 Å². The minimum atomic E-state index is 0.133. The van der Waals surface area contributed by atoms with E-state index in [-0.39, 0.29) is 11.4 Å². The SMILES string of the molecule is CCOC1CC(N(C)C(=O)NC2CCCC2)C12CCCC2. The highest BCUT2D eigenvalue weighted by Crippen LogP contribution is 2.56. The van der Waals surface area contributed by atoms with Gasteiger partial charge in [0.15, 0.2) is 0 Å². The predicted molar refractivity (Wildman–Crippen MR) is 83.3 cm³/mol. The van der Waals surface area contributed by atoms with Gasteiger partial charge in [-0.2, -0.15) is 0 Å². The fourth-order valence-corrected chi connectivity index (χ4v) is 4.88. The maximum Gasteiger partial charge on any atom is 0.317 e. The van der Waals surface area contributed by atoms with Gasteiger partial charge in [-0.15, -0.1) is 0 Å². The van der Waals surface area contributed by atoms with Gasteiger partial charge in [0.05, 0.1) is 6.10 Å². The number of rotatable bonds is 4. The second-order valence-electron chi connectivity index (χ2n) is 7.18. The first-order chi connectivity index (χ1) is 10.2. The van der Waals surface area contributed by atoms with Crippen molar-refractivity contribution in [3.05, 3.63) is 0 Å². The number of amides is 2. The number of nitrogens with one attached hydrogen (secondary N) is 1. The van der Waals surface area contributed by atoms with Gasteiger partial charge >= 0.3 is 6.03 Å². The summed E-state index contributed by atoms with van der Waals surface area (Å²) in [6.07, 6.45) is 11.2. The zero-order valence-corrected chi connectivity index (χ0v) is 13.6. The smallest absolute Gasteiger partial charge is 0.317 e. The summed E-state index contributed by atoms with van der Waals surface area (Å²) in [5, 5.41) is 3.23. The highest BCUT2D eigenvalue weighted by Gasteiger charge is 2.58. The molecule has 3 rings (SSSR count). The Kier molecular flexibility index (Phi) is 4.43.